The molecule has 1 aromatic carbocycles. The molecule has 0 radical (unpaired) electrons. The number of aryl methyl sites for hydroxylation is 3. The van der Waals surface area contributed by atoms with Crippen molar-refractivity contribution in [3.05, 3.63) is 41.3 Å². The fourth-order valence-electron chi connectivity index (χ4n) is 2.81. The normalized spacial score (nSPS) is 11.9. The molecular weight excluding hydrogens is 324 g/mol. The Bertz CT molecular complexity index is 1050. The first-order valence-electron chi connectivity index (χ1n) is 7.54. The second-order valence-electron chi connectivity index (χ2n) is 6.14. The summed E-state index contributed by atoms with van der Waals surface area (Å²) in [5, 5.41) is 0.934. The summed E-state index contributed by atoms with van der Waals surface area (Å²) >= 11 is 0. The molecule has 126 valence electrons. The molecular formula is C17H20N4O2S. The summed E-state index contributed by atoms with van der Waals surface area (Å²) in [5.41, 5.74) is 5.18. The Balaban J connectivity index is 2.21. The van der Waals surface area contributed by atoms with Crippen molar-refractivity contribution >= 4 is 26.6 Å². The van der Waals surface area contributed by atoms with Gasteiger partial charge < -0.3 is 4.57 Å². The molecule has 3 aromatic rings. The molecule has 0 amide bonds. The van der Waals surface area contributed by atoms with Gasteiger partial charge in [0.2, 0.25) is 10.0 Å². The zero-order valence-corrected chi connectivity index (χ0v) is 15.2. The average Bonchev–Trinajstić information content (AvgIpc) is 2.78. The van der Waals surface area contributed by atoms with Gasteiger partial charge in [-0.2, -0.15) is 0 Å². The Morgan fingerprint density at radius 1 is 1.08 bits per heavy atom. The Kier molecular flexibility index (Phi) is 3.83. The van der Waals surface area contributed by atoms with Crippen LogP contribution in [0.5, 0.6) is 0 Å². The number of nitrogens with zero attached hydrogens (tertiary/aromatic N) is 3. The van der Waals surface area contributed by atoms with Crippen LogP contribution in [0.2, 0.25) is 0 Å². The van der Waals surface area contributed by atoms with Crippen molar-refractivity contribution in [1.82, 2.24) is 14.5 Å². The summed E-state index contributed by atoms with van der Waals surface area (Å²) < 4.78 is 27.5. The number of benzene rings is 1. The quantitative estimate of drug-likeness (QED) is 0.792. The third-order valence-corrected chi connectivity index (χ3v) is 4.70. The van der Waals surface area contributed by atoms with Crippen LogP contribution in [0, 0.1) is 20.8 Å². The van der Waals surface area contributed by atoms with Crippen LogP contribution in [0.4, 0.5) is 5.69 Å². The van der Waals surface area contributed by atoms with Crippen molar-refractivity contribution in [2.75, 3.05) is 11.0 Å². The molecule has 0 aliphatic rings. The summed E-state index contributed by atoms with van der Waals surface area (Å²) in [4.78, 5) is 9.10. The molecule has 0 aliphatic carbocycles. The smallest absolute Gasteiger partial charge is 0.229 e. The Morgan fingerprint density at radius 2 is 1.79 bits per heavy atom. The second-order valence-corrected chi connectivity index (χ2v) is 7.89. The van der Waals surface area contributed by atoms with E-state index in [0.717, 1.165) is 45.5 Å². The van der Waals surface area contributed by atoms with Gasteiger partial charge in [-0.25, -0.2) is 18.4 Å². The van der Waals surface area contributed by atoms with Crippen molar-refractivity contribution in [1.29, 1.82) is 0 Å². The highest BCUT2D eigenvalue weighted by Gasteiger charge is 2.13. The van der Waals surface area contributed by atoms with E-state index in [2.05, 4.69) is 9.71 Å². The van der Waals surface area contributed by atoms with Gasteiger partial charge in [-0.05, 0) is 50.1 Å². The Labute approximate surface area is 141 Å². The number of hydrogen-bond donors (Lipinski definition) is 1. The fraction of sp³-hybridized carbons (Fsp3) is 0.294. The first kappa shape index (κ1) is 16.4. The van der Waals surface area contributed by atoms with Crippen LogP contribution in [0.25, 0.3) is 22.3 Å². The molecule has 0 bridgehead atoms. The minimum atomic E-state index is -3.31. The lowest BCUT2D eigenvalue weighted by molar-refractivity contribution is 0.607. The number of anilines is 1. The average molecular weight is 344 g/mol. The number of hydrogen-bond acceptors (Lipinski definition) is 4. The van der Waals surface area contributed by atoms with Gasteiger partial charge in [-0.15, -0.1) is 0 Å². The molecule has 0 saturated carbocycles. The molecule has 3 rings (SSSR count). The molecule has 0 spiro atoms. The third-order valence-electron chi connectivity index (χ3n) is 4.10. The molecule has 6 nitrogen and oxygen atoms in total. The molecule has 0 fully saturated rings. The lowest BCUT2D eigenvalue weighted by Crippen LogP contribution is -2.09. The van der Waals surface area contributed by atoms with Crippen molar-refractivity contribution in [2.45, 2.75) is 20.8 Å². The lowest BCUT2D eigenvalue weighted by Gasteiger charge is -2.12. The van der Waals surface area contributed by atoms with Crippen LogP contribution < -0.4 is 4.72 Å². The van der Waals surface area contributed by atoms with Gasteiger partial charge in [0.05, 0.1) is 29.4 Å². The van der Waals surface area contributed by atoms with Crippen molar-refractivity contribution in [2.24, 2.45) is 7.05 Å². The van der Waals surface area contributed by atoms with Crippen LogP contribution in [-0.2, 0) is 17.1 Å². The molecule has 2 heterocycles. The molecule has 0 aliphatic heterocycles. The van der Waals surface area contributed by atoms with E-state index < -0.39 is 10.0 Å². The second kappa shape index (κ2) is 5.59. The molecule has 0 saturated heterocycles. The Morgan fingerprint density at radius 3 is 2.38 bits per heavy atom. The fourth-order valence-corrected chi connectivity index (χ4v) is 3.35. The monoisotopic (exact) mass is 344 g/mol. The van der Waals surface area contributed by atoms with Crippen molar-refractivity contribution in [3.8, 4) is 11.4 Å². The van der Waals surface area contributed by atoms with Gasteiger partial charge in [0.25, 0.3) is 0 Å². The highest BCUT2D eigenvalue weighted by atomic mass is 32.2. The number of nitrogens with one attached hydrogen (secondary N) is 1. The van der Waals surface area contributed by atoms with E-state index in [1.54, 1.807) is 6.07 Å². The van der Waals surface area contributed by atoms with E-state index in [9.17, 15) is 8.42 Å². The van der Waals surface area contributed by atoms with Gasteiger partial charge in [0.15, 0.2) is 0 Å². The van der Waals surface area contributed by atoms with E-state index in [-0.39, 0.29) is 0 Å². The minimum Gasteiger partial charge on any atom is -0.330 e. The van der Waals surface area contributed by atoms with Crippen LogP contribution in [0.3, 0.4) is 0 Å². The zero-order valence-electron chi connectivity index (χ0n) is 14.4. The van der Waals surface area contributed by atoms with Gasteiger partial charge in [0.1, 0.15) is 5.82 Å². The van der Waals surface area contributed by atoms with Gasteiger partial charge in [-0.3, -0.25) is 4.72 Å². The van der Waals surface area contributed by atoms with Gasteiger partial charge in [0, 0.05) is 18.1 Å². The van der Waals surface area contributed by atoms with Gasteiger partial charge in [-0.1, -0.05) is 0 Å². The molecule has 7 heteroatoms. The summed E-state index contributed by atoms with van der Waals surface area (Å²) in [7, 11) is -1.35. The van der Waals surface area contributed by atoms with E-state index in [4.69, 9.17) is 4.98 Å². The van der Waals surface area contributed by atoms with Crippen molar-refractivity contribution in [3.63, 3.8) is 0 Å². The maximum atomic E-state index is 11.5. The predicted molar refractivity (Wildman–Crippen MR) is 96.6 cm³/mol. The highest BCUT2D eigenvalue weighted by Crippen LogP contribution is 2.29. The van der Waals surface area contributed by atoms with Crippen LogP contribution in [-0.4, -0.2) is 29.2 Å². The molecule has 2 aromatic heterocycles. The molecule has 1 N–H and O–H groups in total. The van der Waals surface area contributed by atoms with Crippen molar-refractivity contribution < 1.29 is 8.42 Å². The zero-order chi connectivity index (χ0) is 17.6. The first-order chi connectivity index (χ1) is 11.2. The number of sulfonamides is 1. The minimum absolute atomic E-state index is 0.552. The molecule has 0 atom stereocenters. The number of pyridine rings is 1. The van der Waals surface area contributed by atoms with E-state index in [0.29, 0.717) is 5.69 Å². The summed E-state index contributed by atoms with van der Waals surface area (Å²) in [6.07, 6.45) is 2.96. The molecule has 0 unspecified atom stereocenters. The first-order valence-corrected chi connectivity index (χ1v) is 9.43. The SMILES string of the molecule is Cc1cc(-c2cnc(C)n2C)nc2c(C)cc(NS(C)(=O)=O)cc12. The van der Waals surface area contributed by atoms with E-state index >= 15 is 0 Å². The largest absolute Gasteiger partial charge is 0.330 e. The molecule has 24 heavy (non-hydrogen) atoms. The topological polar surface area (TPSA) is 76.9 Å². The summed E-state index contributed by atoms with van der Waals surface area (Å²) in [6, 6.07) is 5.63. The maximum Gasteiger partial charge on any atom is 0.229 e. The Hall–Kier alpha value is -2.41. The number of imidazole rings is 1. The van der Waals surface area contributed by atoms with Crippen LogP contribution in [0.15, 0.2) is 24.4 Å². The summed E-state index contributed by atoms with van der Waals surface area (Å²) in [6.45, 7) is 5.88. The highest BCUT2D eigenvalue weighted by molar-refractivity contribution is 7.92. The third kappa shape index (κ3) is 2.99. The number of fused-ring (bicyclic) bond motifs is 1. The number of rotatable bonds is 3. The van der Waals surface area contributed by atoms with E-state index in [1.807, 2.05) is 50.7 Å². The van der Waals surface area contributed by atoms with Gasteiger partial charge >= 0.3 is 0 Å². The maximum absolute atomic E-state index is 11.5. The predicted octanol–water partition coefficient (Wildman–Crippen LogP) is 2.93. The number of aromatic nitrogens is 3. The standard InChI is InChI=1S/C17H20N4O2S/c1-10-7-15(16-9-18-12(3)21(16)4)19-17-11(2)6-13(8-14(10)17)20-24(5,22)23/h6-9,20H,1-5H3. The van der Waals surface area contributed by atoms with Crippen LogP contribution >= 0.6 is 0 Å². The van der Waals surface area contributed by atoms with E-state index in [1.165, 1.54) is 0 Å². The summed E-state index contributed by atoms with van der Waals surface area (Å²) in [5.74, 6) is 0.925. The lowest BCUT2D eigenvalue weighted by atomic mass is 10.0. The van der Waals surface area contributed by atoms with Crippen LogP contribution in [0.1, 0.15) is 17.0 Å².